The molecule has 0 atom stereocenters. The minimum atomic E-state index is -0.236. The van der Waals surface area contributed by atoms with E-state index in [4.69, 9.17) is 4.74 Å². The summed E-state index contributed by atoms with van der Waals surface area (Å²) in [6, 6.07) is 10.6. The lowest BCUT2D eigenvalue weighted by atomic mass is 10.1. The van der Waals surface area contributed by atoms with Gasteiger partial charge < -0.3 is 19.9 Å². The van der Waals surface area contributed by atoms with Gasteiger partial charge in [-0.2, -0.15) is 0 Å². The summed E-state index contributed by atoms with van der Waals surface area (Å²) in [5.74, 6) is 0.660. The predicted octanol–water partition coefficient (Wildman–Crippen LogP) is 3.66. The Balaban J connectivity index is 1.41. The minimum Gasteiger partial charge on any atom is -0.491 e. The SMILES string of the molecule is Cc1cc(C)c(OCCNC(=O)N2CCN(c3ccc(F)cc3)CC2)c(C)c1. The number of carbonyl (C=O) groups excluding carboxylic acids is 1. The lowest BCUT2D eigenvalue weighted by molar-refractivity contribution is 0.191. The number of halogens is 1. The van der Waals surface area contributed by atoms with Crippen LogP contribution in [-0.2, 0) is 0 Å². The summed E-state index contributed by atoms with van der Waals surface area (Å²) in [5.41, 5.74) is 4.43. The van der Waals surface area contributed by atoms with Gasteiger partial charge >= 0.3 is 6.03 Å². The second kappa shape index (κ2) is 8.95. The number of nitrogens with zero attached hydrogens (tertiary/aromatic N) is 2. The lowest BCUT2D eigenvalue weighted by Crippen LogP contribution is -2.52. The van der Waals surface area contributed by atoms with E-state index in [1.807, 2.05) is 18.7 Å². The van der Waals surface area contributed by atoms with E-state index < -0.39 is 0 Å². The van der Waals surface area contributed by atoms with Crippen molar-refractivity contribution in [1.82, 2.24) is 10.2 Å². The van der Waals surface area contributed by atoms with Gasteiger partial charge in [-0.1, -0.05) is 17.7 Å². The number of urea groups is 1. The molecule has 0 spiro atoms. The van der Waals surface area contributed by atoms with E-state index in [9.17, 15) is 9.18 Å². The number of anilines is 1. The molecule has 0 unspecified atom stereocenters. The molecule has 6 heteroatoms. The molecule has 0 radical (unpaired) electrons. The number of benzene rings is 2. The minimum absolute atomic E-state index is 0.0697. The van der Waals surface area contributed by atoms with Crippen molar-refractivity contribution in [1.29, 1.82) is 0 Å². The molecule has 1 N–H and O–H groups in total. The van der Waals surface area contributed by atoms with Gasteiger partial charge in [0.1, 0.15) is 18.2 Å². The molecule has 0 aliphatic carbocycles. The van der Waals surface area contributed by atoms with Crippen molar-refractivity contribution < 1.29 is 13.9 Å². The third kappa shape index (κ3) is 4.94. The number of aryl methyl sites for hydroxylation is 3. The molecule has 0 saturated carbocycles. The molecule has 5 nitrogen and oxygen atoms in total. The smallest absolute Gasteiger partial charge is 0.317 e. The highest BCUT2D eigenvalue weighted by molar-refractivity contribution is 5.74. The van der Waals surface area contributed by atoms with Gasteiger partial charge in [0, 0.05) is 31.9 Å². The number of ether oxygens (including phenoxy) is 1. The number of hydrogen-bond donors (Lipinski definition) is 1. The fraction of sp³-hybridized carbons (Fsp3) is 0.409. The largest absolute Gasteiger partial charge is 0.491 e. The maximum atomic E-state index is 13.0. The van der Waals surface area contributed by atoms with Crippen LogP contribution in [0.3, 0.4) is 0 Å². The van der Waals surface area contributed by atoms with Gasteiger partial charge in [0.05, 0.1) is 6.54 Å². The fourth-order valence-corrected chi connectivity index (χ4v) is 3.64. The van der Waals surface area contributed by atoms with E-state index in [0.29, 0.717) is 26.2 Å². The molecule has 0 aromatic heterocycles. The van der Waals surface area contributed by atoms with Crippen molar-refractivity contribution in [2.24, 2.45) is 0 Å². The van der Waals surface area contributed by atoms with Crippen LogP contribution in [0.4, 0.5) is 14.9 Å². The molecular formula is C22H28FN3O2. The molecular weight excluding hydrogens is 357 g/mol. The predicted molar refractivity (Wildman–Crippen MR) is 110 cm³/mol. The average molecular weight is 385 g/mol. The summed E-state index contributed by atoms with van der Waals surface area (Å²) in [6.07, 6.45) is 0. The topological polar surface area (TPSA) is 44.8 Å². The first-order valence-electron chi connectivity index (χ1n) is 9.68. The van der Waals surface area contributed by atoms with Crippen LogP contribution >= 0.6 is 0 Å². The van der Waals surface area contributed by atoms with Crippen molar-refractivity contribution in [2.45, 2.75) is 20.8 Å². The van der Waals surface area contributed by atoms with Crippen molar-refractivity contribution in [3.63, 3.8) is 0 Å². The summed E-state index contributed by atoms with van der Waals surface area (Å²) >= 11 is 0. The van der Waals surface area contributed by atoms with Crippen LogP contribution in [-0.4, -0.2) is 50.3 Å². The zero-order chi connectivity index (χ0) is 20.1. The molecule has 2 aromatic carbocycles. The number of piperazine rings is 1. The third-order valence-corrected chi connectivity index (χ3v) is 4.99. The van der Waals surface area contributed by atoms with E-state index >= 15 is 0 Å². The zero-order valence-corrected chi connectivity index (χ0v) is 16.8. The molecule has 1 aliphatic heterocycles. The highest BCUT2D eigenvalue weighted by atomic mass is 19.1. The van der Waals surface area contributed by atoms with Crippen LogP contribution < -0.4 is 15.0 Å². The van der Waals surface area contributed by atoms with Gasteiger partial charge in [0.2, 0.25) is 0 Å². The van der Waals surface area contributed by atoms with E-state index in [1.165, 1.54) is 17.7 Å². The van der Waals surface area contributed by atoms with Crippen molar-refractivity contribution >= 4 is 11.7 Å². The first-order chi connectivity index (χ1) is 13.4. The quantitative estimate of drug-likeness (QED) is 0.799. The van der Waals surface area contributed by atoms with Gasteiger partial charge in [0.25, 0.3) is 0 Å². The summed E-state index contributed by atoms with van der Waals surface area (Å²) < 4.78 is 18.9. The first-order valence-corrected chi connectivity index (χ1v) is 9.68. The highest BCUT2D eigenvalue weighted by Crippen LogP contribution is 2.24. The van der Waals surface area contributed by atoms with Crippen LogP contribution in [0.15, 0.2) is 36.4 Å². The van der Waals surface area contributed by atoms with Crippen LogP contribution in [0, 0.1) is 26.6 Å². The molecule has 0 bridgehead atoms. The van der Waals surface area contributed by atoms with Crippen molar-refractivity contribution in [3.8, 4) is 5.75 Å². The zero-order valence-electron chi connectivity index (χ0n) is 16.8. The van der Waals surface area contributed by atoms with Gasteiger partial charge in [-0.05, 0) is 56.2 Å². The Kier molecular flexibility index (Phi) is 6.39. The molecule has 28 heavy (non-hydrogen) atoms. The van der Waals surface area contributed by atoms with Gasteiger partial charge in [-0.3, -0.25) is 0 Å². The van der Waals surface area contributed by atoms with E-state index in [0.717, 1.165) is 35.7 Å². The Hall–Kier alpha value is -2.76. The molecule has 150 valence electrons. The Bertz CT molecular complexity index is 792. The number of carbonyl (C=O) groups is 1. The summed E-state index contributed by atoms with van der Waals surface area (Å²) in [5, 5.41) is 2.93. The molecule has 2 amide bonds. The third-order valence-electron chi connectivity index (χ3n) is 4.99. The monoisotopic (exact) mass is 385 g/mol. The Morgan fingerprint density at radius 3 is 2.25 bits per heavy atom. The average Bonchev–Trinajstić information content (AvgIpc) is 2.67. The Morgan fingerprint density at radius 1 is 1.04 bits per heavy atom. The van der Waals surface area contributed by atoms with Crippen molar-refractivity contribution in [3.05, 3.63) is 58.9 Å². The molecule has 3 rings (SSSR count). The first kappa shape index (κ1) is 20.0. The fourth-order valence-electron chi connectivity index (χ4n) is 3.64. The summed E-state index contributed by atoms with van der Waals surface area (Å²) in [4.78, 5) is 16.3. The van der Waals surface area contributed by atoms with Gasteiger partial charge in [0.15, 0.2) is 0 Å². The molecule has 1 fully saturated rings. The summed E-state index contributed by atoms with van der Waals surface area (Å²) in [6.45, 7) is 9.79. The van der Waals surface area contributed by atoms with Gasteiger partial charge in [-0.25, -0.2) is 9.18 Å². The molecule has 1 saturated heterocycles. The van der Waals surface area contributed by atoms with E-state index in [-0.39, 0.29) is 11.8 Å². The second-order valence-electron chi connectivity index (χ2n) is 7.26. The van der Waals surface area contributed by atoms with Crippen LogP contribution in [0.2, 0.25) is 0 Å². The normalized spacial score (nSPS) is 14.1. The molecule has 1 heterocycles. The molecule has 1 aliphatic rings. The van der Waals surface area contributed by atoms with E-state index in [1.54, 1.807) is 12.1 Å². The Morgan fingerprint density at radius 2 is 1.64 bits per heavy atom. The maximum absolute atomic E-state index is 13.0. The van der Waals surface area contributed by atoms with Crippen LogP contribution in [0.1, 0.15) is 16.7 Å². The number of hydrogen-bond acceptors (Lipinski definition) is 3. The molecule has 2 aromatic rings. The second-order valence-corrected chi connectivity index (χ2v) is 7.26. The Labute approximate surface area is 166 Å². The standard InChI is InChI=1S/C22H28FN3O2/c1-16-14-17(2)21(18(3)15-16)28-13-8-24-22(27)26-11-9-25(10-12-26)20-6-4-19(23)5-7-20/h4-7,14-15H,8-13H2,1-3H3,(H,24,27). The van der Waals surface area contributed by atoms with Crippen molar-refractivity contribution in [2.75, 3.05) is 44.2 Å². The lowest BCUT2D eigenvalue weighted by Gasteiger charge is -2.36. The number of rotatable bonds is 5. The van der Waals surface area contributed by atoms with E-state index in [2.05, 4.69) is 29.3 Å². The van der Waals surface area contributed by atoms with Crippen LogP contribution in [0.5, 0.6) is 5.75 Å². The van der Waals surface area contributed by atoms with Crippen LogP contribution in [0.25, 0.3) is 0 Å². The highest BCUT2D eigenvalue weighted by Gasteiger charge is 2.21. The summed E-state index contributed by atoms with van der Waals surface area (Å²) in [7, 11) is 0. The maximum Gasteiger partial charge on any atom is 0.317 e. The number of amides is 2. The number of nitrogens with one attached hydrogen (secondary N) is 1. The van der Waals surface area contributed by atoms with Gasteiger partial charge in [-0.15, -0.1) is 0 Å².